The van der Waals surface area contributed by atoms with Crippen molar-refractivity contribution in [3.05, 3.63) is 24.3 Å². The SMILES string of the molecule is CCCCCCCCCCCCCCCCCCCCCCCCCCCCCCCCCC1=NNC(C=S)N1c1ccccc1OC. The minimum atomic E-state index is -0.0928. The number of anilines is 1. The summed E-state index contributed by atoms with van der Waals surface area (Å²) in [4.78, 5) is 2.19. The number of rotatable bonds is 35. The lowest BCUT2D eigenvalue weighted by molar-refractivity contribution is 0.415. The maximum absolute atomic E-state index is 5.60. The van der Waals surface area contributed by atoms with E-state index in [0.717, 1.165) is 30.1 Å². The molecule has 0 saturated carbocycles. The van der Waals surface area contributed by atoms with E-state index in [1.807, 2.05) is 18.2 Å². The molecule has 1 N–H and O–H groups in total. The number of hydrogen-bond donors (Lipinski definition) is 1. The van der Waals surface area contributed by atoms with Crippen molar-refractivity contribution >= 4 is 29.1 Å². The van der Waals surface area contributed by atoms with E-state index in [4.69, 9.17) is 17.0 Å². The number of unbranched alkanes of at least 4 members (excludes halogenated alkanes) is 30. The molecule has 1 aromatic carbocycles. The first-order valence-corrected chi connectivity index (χ1v) is 21.5. The van der Waals surface area contributed by atoms with Crippen LogP contribution >= 0.6 is 12.2 Å². The van der Waals surface area contributed by atoms with Gasteiger partial charge in [-0.3, -0.25) is 10.3 Å². The maximum atomic E-state index is 5.60. The number of nitrogens with one attached hydrogen (secondary N) is 1. The van der Waals surface area contributed by atoms with Gasteiger partial charge in [-0.05, 0) is 18.6 Å². The number of methoxy groups -OCH3 is 1. The van der Waals surface area contributed by atoms with Gasteiger partial charge in [0.1, 0.15) is 17.8 Å². The molecule has 0 spiro atoms. The Bertz CT molecular complexity index is 906. The minimum absolute atomic E-state index is 0.0928. The van der Waals surface area contributed by atoms with Crippen molar-refractivity contribution in [2.24, 2.45) is 5.10 Å². The summed E-state index contributed by atoms with van der Waals surface area (Å²) >= 11 is 5.27. The fourth-order valence-corrected chi connectivity index (χ4v) is 7.46. The van der Waals surface area contributed by atoms with Gasteiger partial charge in [0.15, 0.2) is 0 Å². The summed E-state index contributed by atoms with van der Waals surface area (Å²) in [6.45, 7) is 2.31. The minimum Gasteiger partial charge on any atom is -0.495 e. The number of hydrogen-bond acceptors (Lipinski definition) is 5. The van der Waals surface area contributed by atoms with E-state index in [9.17, 15) is 0 Å². The second kappa shape index (κ2) is 31.4. The first-order valence-electron chi connectivity index (χ1n) is 21.0. The van der Waals surface area contributed by atoms with Gasteiger partial charge in [0.25, 0.3) is 0 Å². The Labute approximate surface area is 304 Å². The van der Waals surface area contributed by atoms with E-state index in [0.29, 0.717) is 0 Å². The van der Waals surface area contributed by atoms with Crippen LogP contribution in [0.25, 0.3) is 0 Å². The fourth-order valence-electron chi connectivity index (χ4n) is 7.28. The highest BCUT2D eigenvalue weighted by atomic mass is 32.1. The number of amidine groups is 1. The first kappa shape index (κ1) is 42.5. The molecule has 0 bridgehead atoms. The van der Waals surface area contributed by atoms with Gasteiger partial charge in [0.05, 0.1) is 12.8 Å². The molecular weight excluding hydrogens is 607 g/mol. The van der Waals surface area contributed by atoms with Crippen LogP contribution in [-0.4, -0.2) is 24.5 Å². The van der Waals surface area contributed by atoms with Gasteiger partial charge in [-0.25, -0.2) is 0 Å². The van der Waals surface area contributed by atoms with Crippen LogP contribution in [0.15, 0.2) is 29.4 Å². The van der Waals surface area contributed by atoms with Gasteiger partial charge in [-0.1, -0.05) is 224 Å². The lowest BCUT2D eigenvalue weighted by Gasteiger charge is -2.26. The largest absolute Gasteiger partial charge is 0.495 e. The van der Waals surface area contributed by atoms with Crippen molar-refractivity contribution in [2.75, 3.05) is 12.0 Å². The normalized spacial score (nSPS) is 14.3. The molecule has 4 nitrogen and oxygen atoms in total. The van der Waals surface area contributed by atoms with Crippen LogP contribution in [0.4, 0.5) is 5.69 Å². The summed E-state index contributed by atoms with van der Waals surface area (Å²) in [6.07, 6.45) is 45.4. The molecule has 0 amide bonds. The van der Waals surface area contributed by atoms with Crippen molar-refractivity contribution < 1.29 is 4.74 Å². The summed E-state index contributed by atoms with van der Waals surface area (Å²) in [7, 11) is 1.72. The van der Waals surface area contributed by atoms with Crippen LogP contribution in [0.2, 0.25) is 0 Å². The molecule has 0 saturated heterocycles. The topological polar surface area (TPSA) is 36.9 Å². The Morgan fingerprint density at radius 3 is 1.29 bits per heavy atom. The molecule has 1 unspecified atom stereocenters. The molecule has 5 heteroatoms. The Balaban J connectivity index is 1.26. The molecule has 1 aliphatic heterocycles. The van der Waals surface area contributed by atoms with Gasteiger partial charge in [-0.2, -0.15) is 5.10 Å². The van der Waals surface area contributed by atoms with Gasteiger partial charge < -0.3 is 4.74 Å². The number of para-hydroxylation sites is 2. The predicted molar refractivity (Wildman–Crippen MR) is 217 cm³/mol. The highest BCUT2D eigenvalue weighted by molar-refractivity contribution is 7.79. The zero-order chi connectivity index (χ0) is 34.2. The lowest BCUT2D eigenvalue weighted by atomic mass is 10.0. The molecule has 0 aromatic heterocycles. The van der Waals surface area contributed by atoms with Gasteiger partial charge >= 0.3 is 0 Å². The Morgan fingerprint density at radius 2 is 0.938 bits per heavy atom. The standard InChI is InChI=1S/C43H77N3OS/c1-3-4-5-6-7-8-9-10-11-12-13-14-15-16-17-18-19-20-21-22-23-24-25-26-27-28-29-30-31-32-33-38-42-44-45-43(39-48)46(42)40-36-34-35-37-41(40)47-2/h34-37,39,43,45H,3-33,38H2,1-2H3. The van der Waals surface area contributed by atoms with Gasteiger partial charge in [-0.15, -0.1) is 0 Å². The Hall–Kier alpha value is -1.62. The van der Waals surface area contributed by atoms with Crippen molar-refractivity contribution in [3.63, 3.8) is 0 Å². The first-order chi connectivity index (χ1) is 23.8. The van der Waals surface area contributed by atoms with Crippen LogP contribution in [-0.2, 0) is 0 Å². The van der Waals surface area contributed by atoms with Crippen LogP contribution in [0.3, 0.4) is 0 Å². The third kappa shape index (κ3) is 20.8. The summed E-state index contributed by atoms with van der Waals surface area (Å²) in [5.41, 5.74) is 4.20. The molecule has 48 heavy (non-hydrogen) atoms. The Morgan fingerprint density at radius 1 is 0.583 bits per heavy atom. The third-order valence-corrected chi connectivity index (χ3v) is 10.6. The number of benzene rings is 1. The molecule has 0 aliphatic carbocycles. The van der Waals surface area contributed by atoms with Crippen LogP contribution in [0, 0.1) is 0 Å². The molecular formula is C43H77N3OS. The van der Waals surface area contributed by atoms with Crippen LogP contribution in [0.5, 0.6) is 5.75 Å². The van der Waals surface area contributed by atoms with Crippen LogP contribution < -0.4 is 15.1 Å². The second-order valence-electron chi connectivity index (χ2n) is 14.6. The lowest BCUT2D eigenvalue weighted by Crippen LogP contribution is -2.41. The van der Waals surface area contributed by atoms with E-state index in [1.54, 1.807) is 12.5 Å². The highest BCUT2D eigenvalue weighted by Gasteiger charge is 2.28. The fraction of sp³-hybridized carbons (Fsp3) is 0.814. The summed E-state index contributed by atoms with van der Waals surface area (Å²) in [5, 5.41) is 6.34. The van der Waals surface area contributed by atoms with Gasteiger partial charge in [0, 0.05) is 11.8 Å². The molecule has 276 valence electrons. The number of ether oxygens (including phenoxy) is 1. The second-order valence-corrected chi connectivity index (χ2v) is 14.9. The molecule has 1 aliphatic rings. The third-order valence-electron chi connectivity index (χ3n) is 10.4. The summed E-state index contributed by atoms with van der Waals surface area (Å²) in [6, 6.07) is 8.11. The predicted octanol–water partition coefficient (Wildman–Crippen LogP) is 14.2. The van der Waals surface area contributed by atoms with Crippen LogP contribution in [0.1, 0.15) is 212 Å². The average molecular weight is 684 g/mol. The Kier molecular flexibility index (Phi) is 27.8. The van der Waals surface area contributed by atoms with Gasteiger partial charge in [0.2, 0.25) is 0 Å². The molecule has 1 aromatic rings. The molecule has 1 atom stereocenters. The quantitative estimate of drug-likeness (QED) is 0.0571. The monoisotopic (exact) mass is 684 g/mol. The van der Waals surface area contributed by atoms with E-state index < -0.39 is 0 Å². The van der Waals surface area contributed by atoms with E-state index in [-0.39, 0.29) is 6.17 Å². The number of hydrazone groups is 1. The molecule has 1 heterocycles. The van der Waals surface area contributed by atoms with Crippen molar-refractivity contribution in [1.29, 1.82) is 0 Å². The zero-order valence-electron chi connectivity index (χ0n) is 31.8. The van der Waals surface area contributed by atoms with E-state index in [2.05, 4.69) is 28.4 Å². The van der Waals surface area contributed by atoms with Crippen molar-refractivity contribution in [3.8, 4) is 5.75 Å². The average Bonchev–Trinajstić information content (AvgIpc) is 3.53. The number of nitrogens with zero attached hydrogens (tertiary/aromatic N) is 2. The smallest absolute Gasteiger partial charge is 0.150 e. The molecule has 2 rings (SSSR count). The highest BCUT2D eigenvalue weighted by Crippen LogP contribution is 2.31. The van der Waals surface area contributed by atoms with E-state index >= 15 is 0 Å². The maximum Gasteiger partial charge on any atom is 0.150 e. The van der Waals surface area contributed by atoms with Crippen molar-refractivity contribution in [1.82, 2.24) is 5.43 Å². The number of thiocarbonyl (C=S) groups is 1. The van der Waals surface area contributed by atoms with Crippen molar-refractivity contribution in [2.45, 2.75) is 219 Å². The van der Waals surface area contributed by atoms with E-state index in [1.165, 1.54) is 193 Å². The summed E-state index contributed by atoms with van der Waals surface area (Å²) in [5.74, 6) is 1.91. The summed E-state index contributed by atoms with van der Waals surface area (Å²) < 4.78 is 5.60. The zero-order valence-corrected chi connectivity index (χ0v) is 32.6. The molecule has 0 radical (unpaired) electrons. The molecule has 0 fully saturated rings.